The molecule has 6 unspecified atom stereocenters. The Morgan fingerprint density at radius 3 is 2.50 bits per heavy atom. The molecular formula is C16H28OS. The third-order valence-corrected chi connectivity index (χ3v) is 7.14. The number of thioether (sulfide) groups is 1. The van der Waals surface area contributed by atoms with E-state index in [9.17, 15) is 0 Å². The first kappa shape index (κ1) is 13.3. The van der Waals surface area contributed by atoms with Crippen LogP contribution < -0.4 is 0 Å². The fourth-order valence-electron chi connectivity index (χ4n) is 4.42. The van der Waals surface area contributed by atoms with Crippen molar-refractivity contribution in [1.82, 2.24) is 0 Å². The lowest BCUT2D eigenvalue weighted by Gasteiger charge is -2.35. The molecule has 6 atom stereocenters. The van der Waals surface area contributed by atoms with Crippen LogP contribution in [-0.4, -0.2) is 23.2 Å². The second-order valence-corrected chi connectivity index (χ2v) is 8.25. The summed E-state index contributed by atoms with van der Waals surface area (Å²) in [6.45, 7) is 5.63. The molecule has 104 valence electrons. The van der Waals surface area contributed by atoms with Crippen LogP contribution in [0, 0.1) is 17.8 Å². The van der Waals surface area contributed by atoms with Gasteiger partial charge in [-0.25, -0.2) is 0 Å². The summed E-state index contributed by atoms with van der Waals surface area (Å²) in [4.78, 5) is 0. The zero-order valence-corrected chi connectivity index (χ0v) is 12.8. The maximum atomic E-state index is 6.00. The molecule has 0 N–H and O–H groups in total. The van der Waals surface area contributed by atoms with Crippen molar-refractivity contribution in [1.29, 1.82) is 0 Å². The normalized spacial score (nSPS) is 47.7. The molecule has 2 heteroatoms. The molecule has 1 aliphatic heterocycles. The highest BCUT2D eigenvalue weighted by atomic mass is 32.2. The molecule has 1 heterocycles. The van der Waals surface area contributed by atoms with Crippen LogP contribution in [0.25, 0.3) is 0 Å². The van der Waals surface area contributed by atoms with Gasteiger partial charge >= 0.3 is 0 Å². The summed E-state index contributed by atoms with van der Waals surface area (Å²) in [6, 6.07) is 0. The monoisotopic (exact) mass is 268 g/mol. The van der Waals surface area contributed by atoms with E-state index in [-0.39, 0.29) is 0 Å². The standard InChI is InChI=1S/C16H28OS/c1-3-8-17-12-5-7-14-13-6-4-11(2)9-15(13)18-16(14)10-12/h11-16H,3-10H2,1-2H3. The largest absolute Gasteiger partial charge is 0.378 e. The molecule has 0 bridgehead atoms. The second kappa shape index (κ2) is 5.75. The van der Waals surface area contributed by atoms with E-state index >= 15 is 0 Å². The summed E-state index contributed by atoms with van der Waals surface area (Å²) in [6.07, 6.45) is 10.4. The van der Waals surface area contributed by atoms with E-state index in [2.05, 4.69) is 25.6 Å². The van der Waals surface area contributed by atoms with Crippen molar-refractivity contribution >= 4 is 11.8 Å². The molecule has 3 aliphatic rings. The first-order valence-electron chi connectivity index (χ1n) is 8.05. The fraction of sp³-hybridized carbons (Fsp3) is 1.00. The van der Waals surface area contributed by atoms with E-state index in [0.29, 0.717) is 6.10 Å². The van der Waals surface area contributed by atoms with Crippen molar-refractivity contribution in [3.63, 3.8) is 0 Å². The molecule has 0 spiro atoms. The van der Waals surface area contributed by atoms with Gasteiger partial charge in [0.15, 0.2) is 0 Å². The van der Waals surface area contributed by atoms with Gasteiger partial charge in [-0.05, 0) is 56.3 Å². The van der Waals surface area contributed by atoms with Gasteiger partial charge in [-0.2, -0.15) is 11.8 Å². The van der Waals surface area contributed by atoms with Gasteiger partial charge in [0.2, 0.25) is 0 Å². The van der Waals surface area contributed by atoms with E-state index < -0.39 is 0 Å². The Labute approximate surface area is 116 Å². The van der Waals surface area contributed by atoms with Gasteiger partial charge in [0.1, 0.15) is 0 Å². The molecule has 1 saturated heterocycles. The molecule has 0 aromatic carbocycles. The van der Waals surface area contributed by atoms with E-state index in [1.807, 2.05) is 0 Å². The number of rotatable bonds is 3. The van der Waals surface area contributed by atoms with Crippen LogP contribution in [0.4, 0.5) is 0 Å². The van der Waals surface area contributed by atoms with E-state index in [0.717, 1.165) is 34.9 Å². The minimum atomic E-state index is 0.580. The summed E-state index contributed by atoms with van der Waals surface area (Å²) in [5.74, 6) is 3.07. The Kier molecular flexibility index (Phi) is 4.25. The van der Waals surface area contributed by atoms with E-state index in [1.54, 1.807) is 0 Å². The quantitative estimate of drug-likeness (QED) is 0.745. The Hall–Kier alpha value is 0.310. The lowest BCUT2D eigenvalue weighted by molar-refractivity contribution is 0.0146. The highest BCUT2D eigenvalue weighted by molar-refractivity contribution is 8.00. The SMILES string of the molecule is CCCOC1CCC2C(C1)SC1CC(C)CCC12. The van der Waals surface area contributed by atoms with E-state index in [1.165, 1.54) is 44.9 Å². The molecule has 0 aromatic heterocycles. The zero-order chi connectivity index (χ0) is 12.5. The van der Waals surface area contributed by atoms with Gasteiger partial charge in [-0.15, -0.1) is 0 Å². The fourth-order valence-corrected chi connectivity index (χ4v) is 6.71. The summed E-state index contributed by atoms with van der Waals surface area (Å²) in [5.41, 5.74) is 0. The first-order valence-corrected chi connectivity index (χ1v) is 8.99. The summed E-state index contributed by atoms with van der Waals surface area (Å²) >= 11 is 2.34. The van der Waals surface area contributed by atoms with Crippen molar-refractivity contribution in [3.8, 4) is 0 Å². The van der Waals surface area contributed by atoms with Crippen molar-refractivity contribution in [2.75, 3.05) is 6.61 Å². The number of hydrogen-bond acceptors (Lipinski definition) is 2. The van der Waals surface area contributed by atoms with E-state index in [4.69, 9.17) is 4.74 Å². The minimum absolute atomic E-state index is 0.580. The lowest BCUT2D eigenvalue weighted by atomic mass is 9.71. The van der Waals surface area contributed by atoms with Crippen LogP contribution in [0.1, 0.15) is 58.8 Å². The van der Waals surface area contributed by atoms with Gasteiger partial charge in [0.25, 0.3) is 0 Å². The summed E-state index contributed by atoms with van der Waals surface area (Å²) < 4.78 is 6.00. The third-order valence-electron chi connectivity index (χ3n) is 5.36. The molecule has 1 nitrogen and oxygen atoms in total. The average Bonchev–Trinajstić information content (AvgIpc) is 2.72. The summed E-state index contributed by atoms with van der Waals surface area (Å²) in [7, 11) is 0. The Morgan fingerprint density at radius 2 is 1.72 bits per heavy atom. The molecule has 2 aliphatic carbocycles. The van der Waals surface area contributed by atoms with Crippen molar-refractivity contribution in [2.45, 2.75) is 75.4 Å². The molecule has 2 saturated carbocycles. The average molecular weight is 268 g/mol. The maximum Gasteiger partial charge on any atom is 0.0585 e. The second-order valence-electron chi connectivity index (χ2n) is 6.76. The highest BCUT2D eigenvalue weighted by Crippen LogP contribution is 2.55. The zero-order valence-electron chi connectivity index (χ0n) is 11.9. The van der Waals surface area contributed by atoms with Crippen molar-refractivity contribution in [3.05, 3.63) is 0 Å². The Morgan fingerprint density at radius 1 is 1.00 bits per heavy atom. The van der Waals surface area contributed by atoms with Gasteiger partial charge in [0.05, 0.1) is 6.10 Å². The molecule has 0 amide bonds. The van der Waals surface area contributed by atoms with Crippen LogP contribution in [0.2, 0.25) is 0 Å². The molecular weight excluding hydrogens is 240 g/mol. The maximum absolute atomic E-state index is 6.00. The number of ether oxygens (including phenoxy) is 1. The van der Waals surface area contributed by atoms with Gasteiger partial charge < -0.3 is 4.74 Å². The molecule has 3 rings (SSSR count). The van der Waals surface area contributed by atoms with Gasteiger partial charge in [-0.1, -0.05) is 20.3 Å². The highest BCUT2D eigenvalue weighted by Gasteiger charge is 2.47. The van der Waals surface area contributed by atoms with Crippen molar-refractivity contribution < 1.29 is 4.74 Å². The molecule has 0 aromatic rings. The smallest absolute Gasteiger partial charge is 0.0585 e. The van der Waals surface area contributed by atoms with Gasteiger partial charge in [0, 0.05) is 17.1 Å². The number of hydrogen-bond donors (Lipinski definition) is 0. The number of fused-ring (bicyclic) bond motifs is 3. The topological polar surface area (TPSA) is 9.23 Å². The van der Waals surface area contributed by atoms with Crippen LogP contribution in [0.15, 0.2) is 0 Å². The lowest BCUT2D eigenvalue weighted by Crippen LogP contribution is -2.33. The Balaban J connectivity index is 1.58. The predicted molar refractivity (Wildman–Crippen MR) is 79.0 cm³/mol. The molecule has 18 heavy (non-hydrogen) atoms. The van der Waals surface area contributed by atoms with Crippen LogP contribution in [0.3, 0.4) is 0 Å². The van der Waals surface area contributed by atoms with Crippen molar-refractivity contribution in [2.24, 2.45) is 17.8 Å². The minimum Gasteiger partial charge on any atom is -0.378 e. The molecule has 0 radical (unpaired) electrons. The Bertz CT molecular complexity index is 280. The summed E-state index contributed by atoms with van der Waals surface area (Å²) in [5, 5.41) is 1.93. The van der Waals surface area contributed by atoms with Crippen LogP contribution in [0.5, 0.6) is 0 Å². The van der Waals surface area contributed by atoms with Crippen LogP contribution >= 0.6 is 11.8 Å². The van der Waals surface area contributed by atoms with Gasteiger partial charge in [-0.3, -0.25) is 0 Å². The predicted octanol–water partition coefficient (Wildman–Crippen LogP) is 4.50. The first-order chi connectivity index (χ1) is 8.78. The van der Waals surface area contributed by atoms with Crippen LogP contribution in [-0.2, 0) is 4.74 Å². The third kappa shape index (κ3) is 2.60. The molecule has 3 fully saturated rings.